The predicted octanol–water partition coefficient (Wildman–Crippen LogP) is 1.52. The molecule has 1 N–H and O–H groups in total. The van der Waals surface area contributed by atoms with Gasteiger partial charge in [-0.2, -0.15) is 0 Å². The van der Waals surface area contributed by atoms with Crippen LogP contribution < -0.4 is 0 Å². The van der Waals surface area contributed by atoms with Crippen LogP contribution in [0.25, 0.3) is 0 Å². The number of hydrogen-bond donors (Lipinski definition) is 1. The average molecular weight is 214 g/mol. The molecule has 1 aliphatic heterocycles. The fraction of sp³-hybridized carbons (Fsp3) is 1.00. The lowest BCUT2D eigenvalue weighted by Gasteiger charge is -2.29. The van der Waals surface area contributed by atoms with E-state index in [1.165, 1.54) is 25.7 Å². The molecule has 0 aromatic carbocycles. The first-order chi connectivity index (χ1) is 7.27. The van der Waals surface area contributed by atoms with Crippen molar-refractivity contribution >= 4 is 0 Å². The summed E-state index contributed by atoms with van der Waals surface area (Å²) in [5, 5.41) is 10.1. The van der Waals surface area contributed by atoms with E-state index in [-0.39, 0.29) is 6.23 Å². The van der Waals surface area contributed by atoms with E-state index in [1.54, 1.807) is 0 Å². The third-order valence-electron chi connectivity index (χ3n) is 3.06. The Kier molecular flexibility index (Phi) is 6.22. The highest BCUT2D eigenvalue weighted by Gasteiger charge is 2.21. The third-order valence-corrected chi connectivity index (χ3v) is 3.06. The standard InChI is InChI=1S/C12H26N2O/c1-3-7-13(8-4-2)11-12(15)14-9-5-6-10-14/h12,15H,3-11H2,1-2H3/t12-/m0/s1. The highest BCUT2D eigenvalue weighted by atomic mass is 16.3. The minimum atomic E-state index is -0.245. The van der Waals surface area contributed by atoms with Gasteiger partial charge < -0.3 is 5.11 Å². The molecule has 1 heterocycles. The van der Waals surface area contributed by atoms with Gasteiger partial charge in [-0.15, -0.1) is 0 Å². The van der Waals surface area contributed by atoms with E-state index >= 15 is 0 Å². The van der Waals surface area contributed by atoms with Crippen molar-refractivity contribution in [2.75, 3.05) is 32.7 Å². The Hall–Kier alpha value is -0.120. The normalized spacial score (nSPS) is 20.0. The van der Waals surface area contributed by atoms with Crippen molar-refractivity contribution < 1.29 is 5.11 Å². The summed E-state index contributed by atoms with van der Waals surface area (Å²) in [5.41, 5.74) is 0. The summed E-state index contributed by atoms with van der Waals surface area (Å²) in [7, 11) is 0. The second-order valence-corrected chi connectivity index (χ2v) is 4.52. The minimum absolute atomic E-state index is 0.245. The molecule has 0 bridgehead atoms. The number of aliphatic hydroxyl groups excluding tert-OH is 1. The Morgan fingerprint density at radius 3 is 2.13 bits per heavy atom. The first-order valence-corrected chi connectivity index (χ1v) is 6.42. The molecular formula is C12H26N2O. The second-order valence-electron chi connectivity index (χ2n) is 4.52. The second kappa shape index (κ2) is 7.20. The number of likely N-dealkylation sites (tertiary alicyclic amines) is 1. The van der Waals surface area contributed by atoms with Crippen LogP contribution in [-0.2, 0) is 0 Å². The lowest BCUT2D eigenvalue weighted by Crippen LogP contribution is -2.43. The summed E-state index contributed by atoms with van der Waals surface area (Å²) in [5.74, 6) is 0. The van der Waals surface area contributed by atoms with E-state index in [1.807, 2.05) is 0 Å². The maximum Gasteiger partial charge on any atom is 0.120 e. The molecule has 1 atom stereocenters. The smallest absolute Gasteiger partial charge is 0.120 e. The first-order valence-electron chi connectivity index (χ1n) is 6.42. The summed E-state index contributed by atoms with van der Waals surface area (Å²) < 4.78 is 0. The van der Waals surface area contributed by atoms with Crippen LogP contribution in [0.5, 0.6) is 0 Å². The highest BCUT2D eigenvalue weighted by Crippen LogP contribution is 2.11. The largest absolute Gasteiger partial charge is 0.377 e. The van der Waals surface area contributed by atoms with Crippen LogP contribution in [0.1, 0.15) is 39.5 Å². The quantitative estimate of drug-likeness (QED) is 0.696. The van der Waals surface area contributed by atoms with Gasteiger partial charge in [-0.1, -0.05) is 13.8 Å². The molecule has 1 fully saturated rings. The van der Waals surface area contributed by atoms with Crippen molar-refractivity contribution in [3.63, 3.8) is 0 Å². The van der Waals surface area contributed by atoms with Gasteiger partial charge in [0, 0.05) is 19.6 Å². The van der Waals surface area contributed by atoms with Crippen molar-refractivity contribution in [2.45, 2.75) is 45.8 Å². The van der Waals surface area contributed by atoms with Crippen LogP contribution in [0.15, 0.2) is 0 Å². The Labute approximate surface area is 94.1 Å². The Morgan fingerprint density at radius 2 is 1.67 bits per heavy atom. The van der Waals surface area contributed by atoms with Gasteiger partial charge in [-0.05, 0) is 38.8 Å². The van der Waals surface area contributed by atoms with E-state index < -0.39 is 0 Å². The summed E-state index contributed by atoms with van der Waals surface area (Å²) in [6.45, 7) is 9.59. The van der Waals surface area contributed by atoms with Crippen molar-refractivity contribution in [3.8, 4) is 0 Å². The number of nitrogens with zero attached hydrogens (tertiary/aromatic N) is 2. The number of hydrogen-bond acceptors (Lipinski definition) is 3. The molecule has 0 amide bonds. The zero-order valence-electron chi connectivity index (χ0n) is 10.3. The van der Waals surface area contributed by atoms with Gasteiger partial charge in [0.05, 0.1) is 0 Å². The van der Waals surface area contributed by atoms with Gasteiger partial charge in [0.25, 0.3) is 0 Å². The summed E-state index contributed by atoms with van der Waals surface area (Å²) in [6.07, 6.45) is 4.60. The van der Waals surface area contributed by atoms with E-state index in [9.17, 15) is 5.11 Å². The maximum absolute atomic E-state index is 10.1. The van der Waals surface area contributed by atoms with Crippen molar-refractivity contribution in [1.29, 1.82) is 0 Å². The molecule has 0 unspecified atom stereocenters. The Morgan fingerprint density at radius 1 is 1.13 bits per heavy atom. The van der Waals surface area contributed by atoms with Crippen molar-refractivity contribution in [3.05, 3.63) is 0 Å². The molecule has 3 heteroatoms. The van der Waals surface area contributed by atoms with Gasteiger partial charge >= 0.3 is 0 Å². The molecular weight excluding hydrogens is 188 g/mol. The van der Waals surface area contributed by atoms with Gasteiger partial charge in [0.15, 0.2) is 0 Å². The molecule has 0 aromatic rings. The molecule has 3 nitrogen and oxygen atoms in total. The van der Waals surface area contributed by atoms with Crippen molar-refractivity contribution in [1.82, 2.24) is 9.80 Å². The summed E-state index contributed by atoms with van der Waals surface area (Å²) >= 11 is 0. The third kappa shape index (κ3) is 4.49. The average Bonchev–Trinajstić information content (AvgIpc) is 2.71. The zero-order chi connectivity index (χ0) is 11.1. The fourth-order valence-electron chi connectivity index (χ4n) is 2.31. The van der Waals surface area contributed by atoms with Gasteiger partial charge in [-0.3, -0.25) is 9.80 Å². The number of aliphatic hydroxyl groups is 1. The van der Waals surface area contributed by atoms with E-state index in [0.29, 0.717) is 0 Å². The molecule has 1 aliphatic rings. The SMILES string of the molecule is CCCN(CCC)C[C@H](O)N1CCCC1. The van der Waals surface area contributed by atoms with E-state index in [0.717, 1.165) is 32.7 Å². The van der Waals surface area contributed by atoms with E-state index in [4.69, 9.17) is 0 Å². The monoisotopic (exact) mass is 214 g/mol. The van der Waals surface area contributed by atoms with Crippen LogP contribution in [0.3, 0.4) is 0 Å². The molecule has 0 aliphatic carbocycles. The topological polar surface area (TPSA) is 26.7 Å². The molecule has 0 saturated carbocycles. The molecule has 1 rings (SSSR count). The fourth-order valence-corrected chi connectivity index (χ4v) is 2.31. The number of rotatable bonds is 7. The van der Waals surface area contributed by atoms with Crippen LogP contribution in [0.4, 0.5) is 0 Å². The van der Waals surface area contributed by atoms with Crippen LogP contribution >= 0.6 is 0 Å². The predicted molar refractivity (Wildman–Crippen MR) is 63.8 cm³/mol. The van der Waals surface area contributed by atoms with Crippen molar-refractivity contribution in [2.24, 2.45) is 0 Å². The Bertz CT molecular complexity index is 152. The minimum Gasteiger partial charge on any atom is -0.377 e. The van der Waals surface area contributed by atoms with Gasteiger partial charge in [0.2, 0.25) is 0 Å². The zero-order valence-corrected chi connectivity index (χ0v) is 10.3. The molecule has 0 radical (unpaired) electrons. The first kappa shape index (κ1) is 12.9. The molecule has 0 aromatic heterocycles. The molecule has 0 spiro atoms. The maximum atomic E-state index is 10.1. The van der Waals surface area contributed by atoms with Gasteiger partial charge in [0.1, 0.15) is 6.23 Å². The van der Waals surface area contributed by atoms with Crippen LogP contribution in [0, 0.1) is 0 Å². The van der Waals surface area contributed by atoms with Crippen LogP contribution in [-0.4, -0.2) is 53.9 Å². The van der Waals surface area contributed by atoms with E-state index in [2.05, 4.69) is 23.6 Å². The summed E-state index contributed by atoms with van der Waals surface area (Å²) in [6, 6.07) is 0. The van der Waals surface area contributed by atoms with Crippen LogP contribution in [0.2, 0.25) is 0 Å². The lowest BCUT2D eigenvalue weighted by atomic mass is 10.3. The molecule has 15 heavy (non-hydrogen) atoms. The molecule has 1 saturated heterocycles. The van der Waals surface area contributed by atoms with Gasteiger partial charge in [-0.25, -0.2) is 0 Å². The highest BCUT2D eigenvalue weighted by molar-refractivity contribution is 4.72. The lowest BCUT2D eigenvalue weighted by molar-refractivity contribution is -0.00745. The Balaban J connectivity index is 2.28. The summed E-state index contributed by atoms with van der Waals surface area (Å²) in [4.78, 5) is 4.58. The molecule has 90 valence electrons.